The van der Waals surface area contributed by atoms with Crippen molar-refractivity contribution in [1.82, 2.24) is 0 Å². The zero-order valence-electron chi connectivity index (χ0n) is 19.3. The van der Waals surface area contributed by atoms with Crippen LogP contribution in [0.4, 0.5) is 0 Å². The van der Waals surface area contributed by atoms with Crippen molar-refractivity contribution in [2.75, 3.05) is 0 Å². The highest BCUT2D eigenvalue weighted by Gasteiger charge is 2.54. The smallest absolute Gasteiger partial charge is 0.184 e. The van der Waals surface area contributed by atoms with Crippen LogP contribution in [0.2, 0.25) is 5.82 Å². The average Bonchev–Trinajstić information content (AvgIpc) is 3.25. The van der Waals surface area contributed by atoms with Gasteiger partial charge in [0.05, 0.1) is 38.4 Å². The van der Waals surface area contributed by atoms with Crippen LogP contribution in [0.5, 0.6) is 0 Å². The van der Waals surface area contributed by atoms with E-state index in [-0.39, 0.29) is 37.4 Å². The molecule has 0 aromatic carbocycles. The van der Waals surface area contributed by atoms with Gasteiger partial charge in [0.1, 0.15) is 24.4 Å². The fraction of sp³-hybridized carbons (Fsp3) is 1.00. The molecule has 1 saturated carbocycles. The molecule has 4 aliphatic rings. The number of fused-ring (bicyclic) bond motifs is 1. The van der Waals surface area contributed by atoms with Crippen LogP contribution in [0.1, 0.15) is 41.9 Å². The lowest BCUT2D eigenvalue weighted by molar-refractivity contribution is -0.300. The predicted octanol–water partition coefficient (Wildman–Crippen LogP) is -0.553. The number of nitrogens with two attached hydrogens (primary N) is 1. The van der Waals surface area contributed by atoms with Crippen molar-refractivity contribution in [3.8, 4) is 0 Å². The summed E-state index contributed by atoms with van der Waals surface area (Å²) in [5, 5.41) is 31.9. The Morgan fingerprint density at radius 3 is 2.32 bits per heavy atom. The lowest BCUT2D eigenvalue weighted by atomic mass is 9.75. The van der Waals surface area contributed by atoms with E-state index in [0.717, 1.165) is 0 Å². The van der Waals surface area contributed by atoms with Crippen LogP contribution < -0.4 is 5.73 Å². The summed E-state index contributed by atoms with van der Waals surface area (Å²) in [6, 6.07) is -0.495. The number of aliphatic hydroxyl groups excluding tert-OH is 3. The van der Waals surface area contributed by atoms with Gasteiger partial charge < -0.3 is 44.7 Å². The van der Waals surface area contributed by atoms with E-state index >= 15 is 0 Å². The van der Waals surface area contributed by atoms with Crippen LogP contribution in [0.15, 0.2) is 0 Å². The molecule has 10 heteroatoms. The van der Waals surface area contributed by atoms with E-state index in [1.807, 2.05) is 20.8 Å². The molecular formula is C21H36BNO8. The van der Waals surface area contributed by atoms with Gasteiger partial charge in [-0.1, -0.05) is 13.8 Å². The van der Waals surface area contributed by atoms with Gasteiger partial charge in [0.15, 0.2) is 12.6 Å². The van der Waals surface area contributed by atoms with Crippen LogP contribution in [-0.4, -0.2) is 96.7 Å². The molecule has 1 aliphatic carbocycles. The van der Waals surface area contributed by atoms with Crippen LogP contribution in [-0.2, 0) is 23.7 Å². The third-order valence-electron chi connectivity index (χ3n) is 7.33. The Balaban J connectivity index is 1.50. The van der Waals surface area contributed by atoms with Crippen molar-refractivity contribution in [1.29, 1.82) is 0 Å². The van der Waals surface area contributed by atoms with Gasteiger partial charge in [0, 0.05) is 25.6 Å². The van der Waals surface area contributed by atoms with Crippen molar-refractivity contribution >= 4 is 7.85 Å². The number of hydrogen-bond acceptors (Lipinski definition) is 9. The largest absolute Gasteiger partial charge is 0.391 e. The van der Waals surface area contributed by atoms with Crippen molar-refractivity contribution in [3.05, 3.63) is 0 Å². The molecule has 5 N–H and O–H groups in total. The first-order chi connectivity index (χ1) is 15.1. The molecule has 3 saturated heterocycles. The molecule has 31 heavy (non-hydrogen) atoms. The van der Waals surface area contributed by atoms with E-state index in [4.69, 9.17) is 38.6 Å². The SMILES string of the molecule is [2H]C[C@@H]1CC(O)[C@H](O[C@@H]2C(O)[C@H](C)CC(N)[C@H]2O[C@H]2OC3C(C)C(C)O[C@H]3[C@H](O)C2[B])O1. The van der Waals surface area contributed by atoms with Crippen LogP contribution in [0.3, 0.4) is 0 Å². The number of rotatable bonds is 4. The Morgan fingerprint density at radius 1 is 0.935 bits per heavy atom. The maximum absolute atomic E-state index is 10.9. The Labute approximate surface area is 186 Å². The molecule has 3 aliphatic heterocycles. The van der Waals surface area contributed by atoms with Crippen molar-refractivity contribution in [2.45, 2.75) is 120 Å². The zero-order valence-corrected chi connectivity index (χ0v) is 18.3. The van der Waals surface area contributed by atoms with Gasteiger partial charge in [-0.25, -0.2) is 0 Å². The minimum Gasteiger partial charge on any atom is -0.391 e. The molecule has 0 aromatic heterocycles. The molecule has 0 amide bonds. The lowest BCUT2D eigenvalue weighted by Crippen LogP contribution is -2.62. The second-order valence-electron chi connectivity index (χ2n) is 9.70. The molecule has 0 aromatic rings. The maximum atomic E-state index is 10.9. The molecule has 15 atom stereocenters. The molecule has 9 nitrogen and oxygen atoms in total. The molecule has 3 heterocycles. The van der Waals surface area contributed by atoms with E-state index in [0.29, 0.717) is 6.42 Å². The Hall–Kier alpha value is -0.295. The van der Waals surface area contributed by atoms with Crippen molar-refractivity contribution in [2.24, 2.45) is 17.6 Å². The van der Waals surface area contributed by atoms with Gasteiger partial charge in [-0.3, -0.25) is 0 Å². The fourth-order valence-electron chi connectivity index (χ4n) is 5.19. The highest BCUT2D eigenvalue weighted by atomic mass is 16.7. The normalized spacial score (nSPS) is 58.2. The molecule has 2 radical (unpaired) electrons. The molecule has 4 fully saturated rings. The number of aliphatic hydroxyl groups is 3. The number of hydrogen-bond donors (Lipinski definition) is 4. The van der Waals surface area contributed by atoms with E-state index < -0.39 is 67.2 Å². The monoisotopic (exact) mass is 442 g/mol. The third-order valence-corrected chi connectivity index (χ3v) is 7.33. The maximum Gasteiger partial charge on any atom is 0.184 e. The second-order valence-corrected chi connectivity index (χ2v) is 9.70. The van der Waals surface area contributed by atoms with E-state index in [1.165, 1.54) is 0 Å². The highest BCUT2D eigenvalue weighted by Crippen LogP contribution is 2.42. The average molecular weight is 442 g/mol. The minimum atomic E-state index is -0.992. The first-order valence-electron chi connectivity index (χ1n) is 11.9. The lowest BCUT2D eigenvalue weighted by Gasteiger charge is -2.47. The van der Waals surface area contributed by atoms with Gasteiger partial charge in [-0.05, 0) is 26.2 Å². The standard InChI is InChI=1S/C21H36BNO8/c1-7-5-11(23)17(18(14(7)25)31-20-12(24)6-8(2)27-20)30-21-13(22)15(26)19-16(29-21)9(3)10(4)28-19/h7-21,24-26H,5-6,23H2,1-4H3/t7-,8-,9?,10?,11?,12?,13?,14?,15-,16?,17-,18-,19+,20+,21-/m1/s1/i2D. The van der Waals surface area contributed by atoms with E-state index in [9.17, 15) is 15.3 Å². The van der Waals surface area contributed by atoms with Crippen molar-refractivity contribution < 1.29 is 40.4 Å². The van der Waals surface area contributed by atoms with E-state index in [2.05, 4.69) is 0 Å². The van der Waals surface area contributed by atoms with Gasteiger partial charge in [-0.2, -0.15) is 0 Å². The summed E-state index contributed by atoms with van der Waals surface area (Å²) in [6.45, 7) is 5.78. The first kappa shape index (κ1) is 22.5. The van der Waals surface area contributed by atoms with Gasteiger partial charge in [0.25, 0.3) is 0 Å². The minimum absolute atomic E-state index is 0.00384. The third kappa shape index (κ3) is 4.43. The topological polar surface area (TPSA) is 133 Å². The summed E-state index contributed by atoms with van der Waals surface area (Å²) >= 11 is 0. The van der Waals surface area contributed by atoms with Gasteiger partial charge >= 0.3 is 0 Å². The molecule has 0 spiro atoms. The summed E-state index contributed by atoms with van der Waals surface area (Å²) in [6.07, 6.45) is -7.15. The first-order valence-corrected chi connectivity index (χ1v) is 11.2. The Bertz CT molecular complexity index is 651. The zero-order chi connectivity index (χ0) is 23.3. The van der Waals surface area contributed by atoms with Crippen LogP contribution in [0.25, 0.3) is 0 Å². The van der Waals surface area contributed by atoms with Crippen LogP contribution in [0, 0.1) is 11.8 Å². The Kier molecular flexibility index (Phi) is 6.64. The quantitative estimate of drug-likeness (QED) is 0.423. The van der Waals surface area contributed by atoms with Crippen LogP contribution >= 0.6 is 0 Å². The predicted molar refractivity (Wildman–Crippen MR) is 110 cm³/mol. The van der Waals surface area contributed by atoms with E-state index in [1.54, 1.807) is 0 Å². The summed E-state index contributed by atoms with van der Waals surface area (Å²) in [7, 11) is 6.25. The molecule has 7 unspecified atom stereocenters. The van der Waals surface area contributed by atoms with Gasteiger partial charge in [-0.15, -0.1) is 0 Å². The summed E-state index contributed by atoms with van der Waals surface area (Å²) < 4.78 is 37.3. The Morgan fingerprint density at radius 2 is 1.65 bits per heavy atom. The fourth-order valence-corrected chi connectivity index (χ4v) is 5.19. The molecule has 0 bridgehead atoms. The number of ether oxygens (including phenoxy) is 5. The second kappa shape index (κ2) is 9.16. The summed E-state index contributed by atoms with van der Waals surface area (Å²) in [5.41, 5.74) is 6.40. The molecular weight excluding hydrogens is 405 g/mol. The molecule has 176 valence electrons. The van der Waals surface area contributed by atoms with Gasteiger partial charge in [0.2, 0.25) is 0 Å². The molecule has 4 rings (SSSR count). The summed E-state index contributed by atoms with van der Waals surface area (Å²) in [5.74, 6) is -1.01. The highest BCUT2D eigenvalue weighted by molar-refractivity contribution is 6.12. The van der Waals surface area contributed by atoms with Crippen molar-refractivity contribution in [3.63, 3.8) is 0 Å². The summed E-state index contributed by atoms with van der Waals surface area (Å²) in [4.78, 5) is 0.